The lowest BCUT2D eigenvalue weighted by atomic mass is 10.2. The maximum Gasteiger partial charge on any atom is 0.131 e. The molecule has 0 bridgehead atoms. The molecule has 0 fully saturated rings. The Bertz CT molecular complexity index is 367. The van der Waals surface area contributed by atoms with Crippen molar-refractivity contribution in [2.24, 2.45) is 0 Å². The van der Waals surface area contributed by atoms with E-state index in [1.54, 1.807) is 0 Å². The van der Waals surface area contributed by atoms with Crippen LogP contribution in [0.25, 0.3) is 5.76 Å². The largest absolute Gasteiger partial charge is 0.869 e. The van der Waals surface area contributed by atoms with Gasteiger partial charge in [-0.25, -0.2) is 0 Å². The van der Waals surface area contributed by atoms with Crippen molar-refractivity contribution in [3.63, 3.8) is 0 Å². The molecule has 0 saturated carbocycles. The van der Waals surface area contributed by atoms with Crippen LogP contribution in [0.2, 0.25) is 0 Å². The first kappa shape index (κ1) is 10.4. The molecule has 1 nitrogen and oxygen atoms in total. The van der Waals surface area contributed by atoms with Gasteiger partial charge in [0, 0.05) is 17.3 Å². The monoisotopic (exact) mass is 218 g/mol. The first-order valence-corrected chi connectivity index (χ1v) is 6.74. The highest BCUT2D eigenvalue weighted by Crippen LogP contribution is 2.14. The first-order valence-electron chi connectivity index (χ1n) is 5.12. The van der Waals surface area contributed by atoms with Gasteiger partial charge in [0.2, 0.25) is 0 Å². The van der Waals surface area contributed by atoms with Crippen LogP contribution in [0.5, 0.6) is 0 Å². The van der Waals surface area contributed by atoms with Crippen molar-refractivity contribution in [3.8, 4) is 0 Å². The van der Waals surface area contributed by atoms with Crippen LogP contribution in [0.15, 0.2) is 47.9 Å². The highest BCUT2D eigenvalue weighted by Gasteiger charge is 2.15. The summed E-state index contributed by atoms with van der Waals surface area (Å²) in [5.41, 5.74) is 0.805. The van der Waals surface area contributed by atoms with Crippen molar-refractivity contribution in [1.82, 2.24) is 0 Å². The summed E-state index contributed by atoms with van der Waals surface area (Å²) in [5.74, 6) is 2.35. The minimum Gasteiger partial charge on any atom is -0.869 e. The zero-order valence-corrected chi connectivity index (χ0v) is 9.37. The number of hydrogen-bond donors (Lipinski definition) is 0. The Morgan fingerprint density at radius 3 is 2.67 bits per heavy atom. The topological polar surface area (TPSA) is 23.1 Å². The van der Waals surface area contributed by atoms with Crippen molar-refractivity contribution in [3.05, 3.63) is 53.5 Å². The quantitative estimate of drug-likeness (QED) is 0.422. The van der Waals surface area contributed by atoms with E-state index in [0.717, 1.165) is 23.5 Å². The van der Waals surface area contributed by atoms with Gasteiger partial charge in [-0.2, -0.15) is 0 Å². The molecule has 1 aromatic rings. The second kappa shape index (κ2) is 5.08. The predicted molar refractivity (Wildman–Crippen MR) is 65.3 cm³/mol. The summed E-state index contributed by atoms with van der Waals surface area (Å²) in [6.07, 6.45) is 5.49. The van der Waals surface area contributed by atoms with Crippen molar-refractivity contribution in [2.45, 2.75) is 6.42 Å². The predicted octanol–water partition coefficient (Wildman–Crippen LogP) is 1.92. The molecule has 0 spiro atoms. The van der Waals surface area contributed by atoms with E-state index in [-0.39, 0.29) is 16.7 Å². The summed E-state index contributed by atoms with van der Waals surface area (Å²) in [4.78, 5) is 0. The third kappa shape index (κ3) is 2.90. The van der Waals surface area contributed by atoms with Crippen LogP contribution in [0.3, 0.4) is 0 Å². The van der Waals surface area contributed by atoms with E-state index >= 15 is 0 Å². The highest BCUT2D eigenvalue weighted by atomic mass is 32.2. The SMILES string of the molecule is [O-]/C(=C\[S+]1CC=CCC1)c1ccccc1. The van der Waals surface area contributed by atoms with E-state index in [0.29, 0.717) is 0 Å². The molecule has 1 aromatic carbocycles. The van der Waals surface area contributed by atoms with Crippen LogP contribution >= 0.6 is 0 Å². The van der Waals surface area contributed by atoms with Crippen LogP contribution < -0.4 is 5.11 Å². The Hall–Kier alpha value is -1.15. The van der Waals surface area contributed by atoms with E-state index in [9.17, 15) is 5.11 Å². The molecule has 78 valence electrons. The molecule has 1 unspecified atom stereocenters. The number of allylic oxidation sites excluding steroid dienone is 1. The molecule has 0 N–H and O–H groups in total. The maximum atomic E-state index is 11.8. The van der Waals surface area contributed by atoms with E-state index in [1.807, 2.05) is 35.7 Å². The normalized spacial score (nSPS) is 21.6. The molecule has 0 aliphatic carbocycles. The van der Waals surface area contributed by atoms with E-state index in [4.69, 9.17) is 0 Å². The van der Waals surface area contributed by atoms with E-state index in [1.165, 1.54) is 0 Å². The first-order chi connectivity index (χ1) is 7.36. The van der Waals surface area contributed by atoms with E-state index in [2.05, 4.69) is 12.2 Å². The van der Waals surface area contributed by atoms with Crippen LogP contribution in [0.4, 0.5) is 0 Å². The molecule has 0 amide bonds. The second-order valence-electron chi connectivity index (χ2n) is 3.52. The van der Waals surface area contributed by atoms with Crippen molar-refractivity contribution < 1.29 is 5.11 Å². The number of benzene rings is 1. The molecular weight excluding hydrogens is 204 g/mol. The average Bonchev–Trinajstić information content (AvgIpc) is 2.31. The summed E-state index contributed by atoms with van der Waals surface area (Å²) in [6.45, 7) is 0. The summed E-state index contributed by atoms with van der Waals surface area (Å²) in [7, 11) is 0.163. The molecule has 15 heavy (non-hydrogen) atoms. The lowest BCUT2D eigenvalue weighted by Gasteiger charge is -2.12. The minimum absolute atomic E-state index is 0.163. The van der Waals surface area contributed by atoms with Gasteiger partial charge in [-0.05, 0) is 11.6 Å². The molecule has 0 aromatic heterocycles. The van der Waals surface area contributed by atoms with Gasteiger partial charge < -0.3 is 5.11 Å². The number of rotatable bonds is 2. The van der Waals surface area contributed by atoms with Crippen LogP contribution in [0, 0.1) is 0 Å². The standard InChI is InChI=1S/C13H14OS/c14-13(12-7-3-1-4-8-12)11-15-9-5-2-6-10-15/h1-5,7-8,11H,6,9-10H2/b13-11-. The van der Waals surface area contributed by atoms with Crippen molar-refractivity contribution in [2.75, 3.05) is 11.5 Å². The Kier molecular flexibility index (Phi) is 3.51. The van der Waals surface area contributed by atoms with Gasteiger partial charge >= 0.3 is 0 Å². The highest BCUT2D eigenvalue weighted by molar-refractivity contribution is 7.99. The fourth-order valence-corrected chi connectivity index (χ4v) is 3.18. The fourth-order valence-electron chi connectivity index (χ4n) is 1.54. The summed E-state index contributed by atoms with van der Waals surface area (Å²) < 4.78 is 0. The molecule has 2 rings (SSSR count). The van der Waals surface area contributed by atoms with Gasteiger partial charge in [0.1, 0.15) is 16.9 Å². The molecule has 1 heterocycles. The molecule has 1 aliphatic heterocycles. The lowest BCUT2D eigenvalue weighted by molar-refractivity contribution is -0.243. The Balaban J connectivity index is 2.10. The molecule has 1 aliphatic rings. The zero-order valence-electron chi connectivity index (χ0n) is 8.56. The third-order valence-electron chi connectivity index (χ3n) is 2.36. The summed E-state index contributed by atoms with van der Waals surface area (Å²) in [5, 5.41) is 13.7. The zero-order chi connectivity index (χ0) is 10.5. The minimum atomic E-state index is 0.163. The molecule has 1 atom stereocenters. The molecule has 0 radical (unpaired) electrons. The Morgan fingerprint density at radius 1 is 1.20 bits per heavy atom. The van der Waals surface area contributed by atoms with Crippen LogP contribution in [-0.2, 0) is 10.9 Å². The van der Waals surface area contributed by atoms with Gasteiger partial charge in [0.15, 0.2) is 0 Å². The van der Waals surface area contributed by atoms with E-state index < -0.39 is 0 Å². The molecule has 2 heteroatoms. The third-order valence-corrected chi connectivity index (χ3v) is 4.28. The van der Waals surface area contributed by atoms with Crippen molar-refractivity contribution in [1.29, 1.82) is 0 Å². The van der Waals surface area contributed by atoms with Crippen LogP contribution in [-0.4, -0.2) is 11.5 Å². The van der Waals surface area contributed by atoms with Gasteiger partial charge in [-0.15, -0.1) is 0 Å². The lowest BCUT2D eigenvalue weighted by Crippen LogP contribution is -2.14. The average molecular weight is 218 g/mol. The molecular formula is C13H14OS. The Morgan fingerprint density at radius 2 is 2.00 bits per heavy atom. The number of hydrogen-bond acceptors (Lipinski definition) is 1. The van der Waals surface area contributed by atoms with Gasteiger partial charge in [0.25, 0.3) is 0 Å². The van der Waals surface area contributed by atoms with Gasteiger partial charge in [-0.3, -0.25) is 0 Å². The van der Waals surface area contributed by atoms with Gasteiger partial charge in [-0.1, -0.05) is 42.2 Å². The maximum absolute atomic E-state index is 11.8. The smallest absolute Gasteiger partial charge is 0.131 e. The van der Waals surface area contributed by atoms with Gasteiger partial charge in [0.05, 0.1) is 0 Å². The second-order valence-corrected chi connectivity index (χ2v) is 5.57. The Labute approximate surface area is 93.5 Å². The summed E-state index contributed by atoms with van der Waals surface area (Å²) in [6, 6.07) is 9.50. The summed E-state index contributed by atoms with van der Waals surface area (Å²) >= 11 is 0. The van der Waals surface area contributed by atoms with Crippen LogP contribution in [0.1, 0.15) is 12.0 Å². The van der Waals surface area contributed by atoms with Crippen molar-refractivity contribution >= 4 is 16.7 Å². The molecule has 0 saturated heterocycles. The fraction of sp³-hybridized carbons (Fsp3) is 0.231.